The summed E-state index contributed by atoms with van der Waals surface area (Å²) in [6.45, 7) is 0. The van der Waals surface area contributed by atoms with Gasteiger partial charge < -0.3 is 4.74 Å². The summed E-state index contributed by atoms with van der Waals surface area (Å²) >= 11 is 0. The van der Waals surface area contributed by atoms with Crippen LogP contribution in [0.2, 0.25) is 0 Å². The third-order valence-corrected chi connectivity index (χ3v) is 8.32. The molecule has 4 heteroatoms. The number of fused-ring (bicyclic) bond motifs is 2. The number of methoxy groups -OCH3 is 1. The van der Waals surface area contributed by atoms with Crippen LogP contribution in [0.4, 0.5) is 13.2 Å². The predicted octanol–water partition coefficient (Wildman–Crippen LogP) is 10.7. The molecule has 196 valence electrons. The van der Waals surface area contributed by atoms with Crippen LogP contribution in [-0.2, 0) is 0 Å². The zero-order chi connectivity index (χ0) is 27.8. The van der Waals surface area contributed by atoms with Crippen LogP contribution < -0.4 is 4.74 Å². The summed E-state index contributed by atoms with van der Waals surface area (Å²) in [7, 11) is 1.69. The molecule has 8 aromatic carbocycles. The van der Waals surface area contributed by atoms with Gasteiger partial charge in [0.15, 0.2) is 17.5 Å². The number of hydrogen-bond donors (Lipinski definition) is 0. The fourth-order valence-corrected chi connectivity index (χ4v) is 6.60. The summed E-state index contributed by atoms with van der Waals surface area (Å²) in [6.07, 6.45) is 0. The zero-order valence-corrected chi connectivity index (χ0v) is 21.9. The van der Waals surface area contributed by atoms with Gasteiger partial charge in [0.1, 0.15) is 5.75 Å². The van der Waals surface area contributed by atoms with Crippen LogP contribution in [0, 0.1) is 17.5 Å². The molecule has 1 nitrogen and oxygen atoms in total. The molecule has 0 N–H and O–H groups in total. The second kappa shape index (κ2) is 8.70. The van der Waals surface area contributed by atoms with E-state index in [9.17, 15) is 13.2 Å². The molecule has 0 radical (unpaired) electrons. The fourth-order valence-electron chi connectivity index (χ4n) is 6.60. The van der Waals surface area contributed by atoms with Crippen molar-refractivity contribution in [2.75, 3.05) is 7.11 Å². The fraction of sp³-hybridized carbons (Fsp3) is 0.0270. The first kappa shape index (κ1) is 23.8. The number of rotatable bonds is 3. The van der Waals surface area contributed by atoms with Crippen molar-refractivity contribution in [3.63, 3.8) is 0 Å². The van der Waals surface area contributed by atoms with E-state index >= 15 is 0 Å². The molecular formula is C37H21F3O. The summed E-state index contributed by atoms with van der Waals surface area (Å²) in [6, 6.07) is 34.9. The van der Waals surface area contributed by atoms with E-state index in [2.05, 4.69) is 42.5 Å². The van der Waals surface area contributed by atoms with Crippen molar-refractivity contribution in [2.45, 2.75) is 0 Å². The van der Waals surface area contributed by atoms with Crippen LogP contribution in [0.25, 0.3) is 76.1 Å². The van der Waals surface area contributed by atoms with Crippen LogP contribution in [-0.4, -0.2) is 7.11 Å². The number of halogens is 3. The minimum absolute atomic E-state index is 0.294. The molecule has 0 saturated heterocycles. The van der Waals surface area contributed by atoms with E-state index in [1.807, 2.05) is 54.6 Å². The Kier molecular flexibility index (Phi) is 5.05. The maximum Gasteiger partial charge on any atom is 0.194 e. The van der Waals surface area contributed by atoms with Gasteiger partial charge in [-0.3, -0.25) is 0 Å². The highest BCUT2D eigenvalue weighted by Gasteiger charge is 2.21. The molecule has 0 spiro atoms. The molecule has 0 aliphatic carbocycles. The van der Waals surface area contributed by atoms with Gasteiger partial charge in [-0.2, -0.15) is 0 Å². The van der Waals surface area contributed by atoms with Crippen LogP contribution in [0.15, 0.2) is 109 Å². The molecule has 0 unspecified atom stereocenters. The molecule has 0 amide bonds. The van der Waals surface area contributed by atoms with Gasteiger partial charge in [0.2, 0.25) is 0 Å². The molecule has 0 aromatic heterocycles. The molecule has 0 saturated carbocycles. The van der Waals surface area contributed by atoms with Gasteiger partial charge in [-0.05, 0) is 89.6 Å². The topological polar surface area (TPSA) is 9.23 Å². The molecule has 0 bridgehead atoms. The molecule has 8 aromatic rings. The summed E-state index contributed by atoms with van der Waals surface area (Å²) in [5.74, 6) is -3.06. The Balaban J connectivity index is 1.54. The van der Waals surface area contributed by atoms with E-state index in [1.165, 1.54) is 0 Å². The van der Waals surface area contributed by atoms with E-state index in [1.54, 1.807) is 7.11 Å². The lowest BCUT2D eigenvalue weighted by Crippen LogP contribution is -1.95. The Hall–Kier alpha value is -5.09. The van der Waals surface area contributed by atoms with E-state index in [-0.39, 0.29) is 0 Å². The van der Waals surface area contributed by atoms with Crippen molar-refractivity contribution in [1.29, 1.82) is 0 Å². The molecular weight excluding hydrogens is 517 g/mol. The first-order chi connectivity index (χ1) is 20.0. The van der Waals surface area contributed by atoms with E-state index in [0.717, 1.165) is 82.9 Å². The van der Waals surface area contributed by atoms with Crippen molar-refractivity contribution in [3.8, 4) is 28.0 Å². The van der Waals surface area contributed by atoms with Crippen LogP contribution in [0.3, 0.4) is 0 Å². The van der Waals surface area contributed by atoms with Crippen LogP contribution in [0.1, 0.15) is 0 Å². The van der Waals surface area contributed by atoms with E-state index < -0.39 is 17.5 Å². The second-order valence-corrected chi connectivity index (χ2v) is 10.4. The average molecular weight is 539 g/mol. The average Bonchev–Trinajstić information content (AvgIpc) is 3.01. The third kappa shape index (κ3) is 3.31. The Bertz CT molecular complexity index is 2260. The van der Waals surface area contributed by atoms with Crippen molar-refractivity contribution in [3.05, 3.63) is 127 Å². The summed E-state index contributed by atoms with van der Waals surface area (Å²) in [5.41, 5.74) is 3.06. The Morgan fingerprint density at radius 2 is 0.976 bits per heavy atom. The molecule has 0 atom stereocenters. The molecule has 0 aliphatic rings. The van der Waals surface area contributed by atoms with E-state index in [0.29, 0.717) is 11.1 Å². The Labute approximate surface area is 233 Å². The van der Waals surface area contributed by atoms with Gasteiger partial charge >= 0.3 is 0 Å². The lowest BCUT2D eigenvalue weighted by Gasteiger charge is -2.20. The lowest BCUT2D eigenvalue weighted by molar-refractivity contribution is 0.420. The minimum atomic E-state index is -1.47. The molecule has 41 heavy (non-hydrogen) atoms. The lowest BCUT2D eigenvalue weighted by atomic mass is 9.83. The van der Waals surface area contributed by atoms with Gasteiger partial charge in [0, 0.05) is 10.8 Å². The SMILES string of the molecule is COc1ccc2ccc3c(-c4c5ccccc5c(-c5cc(F)c(F)c(F)c5)c5ccccc45)ccc4ccc1c2c43. The molecule has 0 aliphatic heterocycles. The van der Waals surface area contributed by atoms with Crippen LogP contribution >= 0.6 is 0 Å². The summed E-state index contributed by atoms with van der Waals surface area (Å²) in [4.78, 5) is 0. The van der Waals surface area contributed by atoms with E-state index in [4.69, 9.17) is 4.74 Å². The standard InChI is InChI=1S/C37H21F3O/c1-41-32-17-13-21-10-14-27-28(15-11-20-12-16-29(32)35(21)34(20)27)36-25-8-4-2-6-23(25)33(24-7-3-5-9-26(24)36)22-18-30(38)37(40)31(39)19-22/h2-19H,1H3. The zero-order valence-electron chi connectivity index (χ0n) is 21.9. The monoisotopic (exact) mass is 538 g/mol. The highest BCUT2D eigenvalue weighted by atomic mass is 19.2. The van der Waals surface area contributed by atoms with Crippen molar-refractivity contribution < 1.29 is 17.9 Å². The van der Waals surface area contributed by atoms with Gasteiger partial charge in [0.05, 0.1) is 7.11 Å². The second-order valence-electron chi connectivity index (χ2n) is 10.4. The summed E-state index contributed by atoms with van der Waals surface area (Å²) in [5, 5.41) is 10.3. The highest BCUT2D eigenvalue weighted by Crippen LogP contribution is 2.48. The molecule has 0 heterocycles. The third-order valence-electron chi connectivity index (χ3n) is 8.32. The highest BCUT2D eigenvalue weighted by molar-refractivity contribution is 6.29. The summed E-state index contributed by atoms with van der Waals surface area (Å²) < 4.78 is 48.6. The largest absolute Gasteiger partial charge is 0.496 e. The Morgan fingerprint density at radius 1 is 0.488 bits per heavy atom. The minimum Gasteiger partial charge on any atom is -0.496 e. The van der Waals surface area contributed by atoms with Gasteiger partial charge in [0.25, 0.3) is 0 Å². The normalized spacial score (nSPS) is 11.9. The van der Waals surface area contributed by atoms with Crippen molar-refractivity contribution in [2.24, 2.45) is 0 Å². The molecule has 0 fully saturated rings. The first-order valence-corrected chi connectivity index (χ1v) is 13.4. The molecule has 8 rings (SSSR count). The van der Waals surface area contributed by atoms with Gasteiger partial charge in [-0.1, -0.05) is 84.9 Å². The number of benzene rings is 8. The van der Waals surface area contributed by atoms with Crippen LogP contribution in [0.5, 0.6) is 5.75 Å². The number of hydrogen-bond acceptors (Lipinski definition) is 1. The maximum absolute atomic E-state index is 14.5. The predicted molar refractivity (Wildman–Crippen MR) is 162 cm³/mol. The number of ether oxygens (including phenoxy) is 1. The Morgan fingerprint density at radius 3 is 1.56 bits per heavy atom. The quantitative estimate of drug-likeness (QED) is 0.124. The van der Waals surface area contributed by atoms with Gasteiger partial charge in [-0.15, -0.1) is 0 Å². The van der Waals surface area contributed by atoms with Crippen molar-refractivity contribution >= 4 is 53.9 Å². The van der Waals surface area contributed by atoms with Crippen molar-refractivity contribution in [1.82, 2.24) is 0 Å². The smallest absolute Gasteiger partial charge is 0.194 e. The first-order valence-electron chi connectivity index (χ1n) is 13.4. The maximum atomic E-state index is 14.5. The van der Waals surface area contributed by atoms with Gasteiger partial charge in [-0.25, -0.2) is 13.2 Å².